The summed E-state index contributed by atoms with van der Waals surface area (Å²) in [6.07, 6.45) is 5.66. The SMILES string of the molecule is CN1CCN(C2CC3CCC(C2)N3)CC1. The van der Waals surface area contributed by atoms with Crippen molar-refractivity contribution < 1.29 is 0 Å². The maximum absolute atomic E-state index is 3.73. The van der Waals surface area contributed by atoms with Gasteiger partial charge in [0.2, 0.25) is 0 Å². The van der Waals surface area contributed by atoms with Crippen LogP contribution in [0.2, 0.25) is 0 Å². The average Bonchev–Trinajstić information content (AvgIpc) is 2.59. The van der Waals surface area contributed by atoms with E-state index in [0.717, 1.165) is 18.1 Å². The summed E-state index contributed by atoms with van der Waals surface area (Å²) in [5.74, 6) is 0. The largest absolute Gasteiger partial charge is 0.311 e. The van der Waals surface area contributed by atoms with E-state index >= 15 is 0 Å². The fraction of sp³-hybridized carbons (Fsp3) is 1.00. The van der Waals surface area contributed by atoms with Crippen molar-refractivity contribution in [3.63, 3.8) is 0 Å². The number of hydrogen-bond acceptors (Lipinski definition) is 3. The van der Waals surface area contributed by atoms with E-state index in [9.17, 15) is 0 Å². The van der Waals surface area contributed by atoms with Crippen LogP contribution in [0.5, 0.6) is 0 Å². The molecule has 3 aliphatic rings. The molecule has 0 aromatic heterocycles. The Morgan fingerprint density at radius 3 is 2.13 bits per heavy atom. The second-order valence-corrected chi connectivity index (χ2v) is 5.60. The molecule has 2 unspecified atom stereocenters. The normalized spacial score (nSPS) is 43.4. The summed E-state index contributed by atoms with van der Waals surface area (Å²) >= 11 is 0. The summed E-state index contributed by atoms with van der Waals surface area (Å²) in [6, 6.07) is 2.57. The molecular weight excluding hydrogens is 186 g/mol. The van der Waals surface area contributed by atoms with Gasteiger partial charge in [-0.15, -0.1) is 0 Å². The minimum absolute atomic E-state index is 0.841. The van der Waals surface area contributed by atoms with Crippen LogP contribution in [0.4, 0.5) is 0 Å². The van der Waals surface area contributed by atoms with Crippen molar-refractivity contribution in [3.05, 3.63) is 0 Å². The maximum atomic E-state index is 3.73. The Morgan fingerprint density at radius 2 is 1.53 bits per heavy atom. The summed E-state index contributed by atoms with van der Waals surface area (Å²) < 4.78 is 0. The summed E-state index contributed by atoms with van der Waals surface area (Å²) in [5.41, 5.74) is 0. The van der Waals surface area contributed by atoms with Crippen molar-refractivity contribution in [2.24, 2.45) is 0 Å². The van der Waals surface area contributed by atoms with Gasteiger partial charge in [0.05, 0.1) is 0 Å². The van der Waals surface area contributed by atoms with Gasteiger partial charge in [-0.2, -0.15) is 0 Å². The predicted molar refractivity (Wildman–Crippen MR) is 62.0 cm³/mol. The van der Waals surface area contributed by atoms with Crippen molar-refractivity contribution in [3.8, 4) is 0 Å². The molecule has 3 fully saturated rings. The molecule has 3 nitrogen and oxygen atoms in total. The molecule has 1 N–H and O–H groups in total. The van der Waals surface area contributed by atoms with E-state index < -0.39 is 0 Å². The Labute approximate surface area is 92.8 Å². The Balaban J connectivity index is 1.58. The van der Waals surface area contributed by atoms with Crippen LogP contribution in [-0.2, 0) is 0 Å². The number of likely N-dealkylation sites (N-methyl/N-ethyl adjacent to an activating group) is 1. The van der Waals surface area contributed by atoms with E-state index in [1.165, 1.54) is 51.9 Å². The highest BCUT2D eigenvalue weighted by atomic mass is 15.3. The second-order valence-electron chi connectivity index (χ2n) is 5.60. The first kappa shape index (κ1) is 10.1. The predicted octanol–water partition coefficient (Wildman–Crippen LogP) is 0.517. The number of piperidine rings is 1. The molecule has 15 heavy (non-hydrogen) atoms. The molecule has 0 saturated carbocycles. The molecule has 3 heteroatoms. The molecule has 3 heterocycles. The molecule has 2 atom stereocenters. The van der Waals surface area contributed by atoms with Gasteiger partial charge >= 0.3 is 0 Å². The number of hydrogen-bond donors (Lipinski definition) is 1. The molecule has 0 aliphatic carbocycles. The molecule has 2 bridgehead atoms. The van der Waals surface area contributed by atoms with Crippen molar-refractivity contribution in [2.45, 2.75) is 43.8 Å². The standard InChI is InChI=1S/C12H23N3/c1-14-4-6-15(7-5-14)12-8-10-2-3-11(9-12)13-10/h10-13H,2-9H2,1H3. The second kappa shape index (κ2) is 4.04. The first-order valence-electron chi connectivity index (χ1n) is 6.50. The molecule has 3 rings (SSSR count). The first-order chi connectivity index (χ1) is 7.31. The van der Waals surface area contributed by atoms with Crippen LogP contribution in [0.15, 0.2) is 0 Å². The van der Waals surface area contributed by atoms with Crippen molar-refractivity contribution in [2.75, 3.05) is 33.2 Å². The smallest absolute Gasteiger partial charge is 0.0126 e. The Bertz CT molecular complexity index is 211. The quantitative estimate of drug-likeness (QED) is 0.679. The van der Waals surface area contributed by atoms with Crippen LogP contribution >= 0.6 is 0 Å². The zero-order chi connectivity index (χ0) is 10.3. The molecule has 0 aromatic rings. The zero-order valence-electron chi connectivity index (χ0n) is 9.78. The van der Waals surface area contributed by atoms with Gasteiger partial charge in [0, 0.05) is 44.3 Å². The van der Waals surface area contributed by atoms with E-state index in [0.29, 0.717) is 0 Å². The van der Waals surface area contributed by atoms with Crippen LogP contribution in [0.25, 0.3) is 0 Å². The van der Waals surface area contributed by atoms with Gasteiger partial charge < -0.3 is 10.2 Å². The molecule has 0 radical (unpaired) electrons. The third kappa shape index (κ3) is 2.05. The Morgan fingerprint density at radius 1 is 0.933 bits per heavy atom. The third-order valence-electron chi connectivity index (χ3n) is 4.50. The molecule has 0 amide bonds. The number of rotatable bonds is 1. The minimum atomic E-state index is 0.841. The van der Waals surface area contributed by atoms with Gasteiger partial charge in [0.25, 0.3) is 0 Å². The van der Waals surface area contributed by atoms with E-state index in [1.54, 1.807) is 0 Å². The average molecular weight is 209 g/mol. The lowest BCUT2D eigenvalue weighted by molar-refractivity contribution is 0.0837. The van der Waals surface area contributed by atoms with E-state index in [2.05, 4.69) is 22.2 Å². The van der Waals surface area contributed by atoms with Gasteiger partial charge in [0.1, 0.15) is 0 Å². The third-order valence-corrected chi connectivity index (χ3v) is 4.50. The number of nitrogens with one attached hydrogen (secondary N) is 1. The highest BCUT2D eigenvalue weighted by Gasteiger charge is 2.36. The van der Waals surface area contributed by atoms with E-state index in [1.807, 2.05) is 0 Å². The highest BCUT2D eigenvalue weighted by molar-refractivity contribution is 4.96. The van der Waals surface area contributed by atoms with Crippen molar-refractivity contribution >= 4 is 0 Å². The topological polar surface area (TPSA) is 18.5 Å². The van der Waals surface area contributed by atoms with Crippen molar-refractivity contribution in [1.82, 2.24) is 15.1 Å². The van der Waals surface area contributed by atoms with Gasteiger partial charge in [-0.05, 0) is 32.7 Å². The first-order valence-corrected chi connectivity index (χ1v) is 6.50. The molecule has 3 saturated heterocycles. The molecular formula is C12H23N3. The minimum Gasteiger partial charge on any atom is -0.311 e. The number of nitrogens with zero attached hydrogens (tertiary/aromatic N) is 2. The van der Waals surface area contributed by atoms with Gasteiger partial charge in [-0.25, -0.2) is 0 Å². The lowest BCUT2D eigenvalue weighted by Crippen LogP contribution is -2.54. The Kier molecular flexibility index (Phi) is 2.71. The molecule has 0 aromatic carbocycles. The lowest BCUT2D eigenvalue weighted by atomic mass is 9.97. The van der Waals surface area contributed by atoms with Gasteiger partial charge in [-0.1, -0.05) is 0 Å². The highest BCUT2D eigenvalue weighted by Crippen LogP contribution is 2.29. The molecule has 0 spiro atoms. The van der Waals surface area contributed by atoms with Gasteiger partial charge in [0.15, 0.2) is 0 Å². The van der Waals surface area contributed by atoms with Crippen LogP contribution in [-0.4, -0.2) is 61.2 Å². The molecule has 3 aliphatic heterocycles. The number of fused-ring (bicyclic) bond motifs is 2. The van der Waals surface area contributed by atoms with Crippen LogP contribution in [0.3, 0.4) is 0 Å². The summed E-state index contributed by atoms with van der Waals surface area (Å²) in [5, 5.41) is 3.73. The van der Waals surface area contributed by atoms with E-state index in [4.69, 9.17) is 0 Å². The van der Waals surface area contributed by atoms with Crippen LogP contribution < -0.4 is 5.32 Å². The maximum Gasteiger partial charge on any atom is 0.0126 e. The monoisotopic (exact) mass is 209 g/mol. The fourth-order valence-corrected chi connectivity index (χ4v) is 3.51. The van der Waals surface area contributed by atoms with Crippen molar-refractivity contribution in [1.29, 1.82) is 0 Å². The summed E-state index contributed by atoms with van der Waals surface area (Å²) in [7, 11) is 2.24. The van der Waals surface area contributed by atoms with E-state index in [-0.39, 0.29) is 0 Å². The van der Waals surface area contributed by atoms with Gasteiger partial charge in [-0.3, -0.25) is 4.90 Å². The van der Waals surface area contributed by atoms with Crippen LogP contribution in [0.1, 0.15) is 25.7 Å². The summed E-state index contributed by atoms with van der Waals surface area (Å²) in [6.45, 7) is 5.11. The number of piperazine rings is 1. The zero-order valence-corrected chi connectivity index (χ0v) is 9.78. The fourth-order valence-electron chi connectivity index (χ4n) is 3.51. The molecule has 86 valence electrons. The van der Waals surface area contributed by atoms with Crippen LogP contribution in [0, 0.1) is 0 Å². The summed E-state index contributed by atoms with van der Waals surface area (Å²) in [4.78, 5) is 5.19. The lowest BCUT2D eigenvalue weighted by Gasteiger charge is -2.41. The Hall–Kier alpha value is -0.120.